The second kappa shape index (κ2) is 9.20. The molecule has 2 atom stereocenters. The Bertz CT molecular complexity index is 1360. The molecule has 12 heteroatoms. The van der Waals surface area contributed by atoms with E-state index in [9.17, 15) is 14.9 Å². The molecule has 3 aliphatic rings. The van der Waals surface area contributed by atoms with Crippen LogP contribution < -0.4 is 10.6 Å². The van der Waals surface area contributed by atoms with Crippen LogP contribution in [0, 0.1) is 28.6 Å². The standard InChI is InChI=1S/C24H23ClN8O3/c1-13(16-4-3-7-27-20(16)25)36-23(35)30-21-19(31-32-33(21)2)18-6-5-15(11-28-18)29-22(34)17-10-24(12-26)8-14(17)9-24/h3-7,11,13-14,17H,8-10H2,1-2H3,(H,29,34)(H,30,35)/t13-,14?,17?,24?/m1/s1. The second-order valence-corrected chi connectivity index (χ2v) is 9.62. The number of halogens is 1. The van der Waals surface area contributed by atoms with Gasteiger partial charge in [-0.3, -0.25) is 15.1 Å². The predicted octanol–water partition coefficient (Wildman–Crippen LogP) is 4.11. The highest BCUT2D eigenvalue weighted by atomic mass is 35.5. The van der Waals surface area contributed by atoms with Crippen molar-refractivity contribution in [3.63, 3.8) is 0 Å². The third kappa shape index (κ3) is 4.35. The summed E-state index contributed by atoms with van der Waals surface area (Å²) in [5.41, 5.74) is 1.60. The molecule has 0 aromatic carbocycles. The van der Waals surface area contributed by atoms with E-state index in [1.54, 1.807) is 44.4 Å². The van der Waals surface area contributed by atoms with Crippen molar-refractivity contribution >= 4 is 35.1 Å². The molecule has 2 N–H and O–H groups in total. The van der Waals surface area contributed by atoms with E-state index >= 15 is 0 Å². The zero-order valence-electron chi connectivity index (χ0n) is 19.6. The molecule has 0 radical (unpaired) electrons. The fourth-order valence-electron chi connectivity index (χ4n) is 4.99. The Hall–Kier alpha value is -4.04. The van der Waals surface area contributed by atoms with Crippen molar-refractivity contribution in [1.29, 1.82) is 5.26 Å². The van der Waals surface area contributed by atoms with Crippen LogP contribution in [0.3, 0.4) is 0 Å². The Balaban J connectivity index is 1.24. The van der Waals surface area contributed by atoms with Gasteiger partial charge in [-0.1, -0.05) is 22.9 Å². The third-order valence-electron chi connectivity index (χ3n) is 6.89. The zero-order valence-corrected chi connectivity index (χ0v) is 20.4. The summed E-state index contributed by atoms with van der Waals surface area (Å²) in [4.78, 5) is 33.7. The Morgan fingerprint density at radius 2 is 2.06 bits per heavy atom. The maximum atomic E-state index is 12.7. The summed E-state index contributed by atoms with van der Waals surface area (Å²) in [6.07, 6.45) is 3.94. The molecule has 11 nitrogen and oxygen atoms in total. The molecule has 3 heterocycles. The van der Waals surface area contributed by atoms with Crippen LogP contribution >= 0.6 is 11.6 Å². The van der Waals surface area contributed by atoms with Gasteiger partial charge in [0, 0.05) is 24.7 Å². The minimum atomic E-state index is -0.719. The fourth-order valence-corrected chi connectivity index (χ4v) is 5.26. The molecule has 1 unspecified atom stereocenters. The lowest BCUT2D eigenvalue weighted by Gasteiger charge is -2.31. The Labute approximate surface area is 211 Å². The average Bonchev–Trinajstić information content (AvgIpc) is 3.52. The zero-order chi connectivity index (χ0) is 25.4. The number of aromatic nitrogens is 5. The largest absolute Gasteiger partial charge is 0.441 e. The van der Waals surface area contributed by atoms with Gasteiger partial charge in [0.2, 0.25) is 5.91 Å². The highest BCUT2D eigenvalue weighted by Crippen LogP contribution is 2.61. The number of nitrogens with zero attached hydrogens (tertiary/aromatic N) is 6. The lowest BCUT2D eigenvalue weighted by molar-refractivity contribution is -0.120. The molecule has 36 heavy (non-hydrogen) atoms. The number of ether oxygens (including phenoxy) is 1. The van der Waals surface area contributed by atoms with Crippen LogP contribution in [0.2, 0.25) is 5.15 Å². The van der Waals surface area contributed by atoms with Crippen LogP contribution in [-0.4, -0.2) is 37.0 Å². The summed E-state index contributed by atoms with van der Waals surface area (Å²) in [6.45, 7) is 1.69. The molecule has 3 fully saturated rings. The van der Waals surface area contributed by atoms with E-state index in [0.29, 0.717) is 34.9 Å². The number of fused-ring (bicyclic) bond motifs is 1. The number of nitrogens with one attached hydrogen (secondary N) is 2. The van der Waals surface area contributed by atoms with Crippen LogP contribution in [0.15, 0.2) is 36.7 Å². The van der Waals surface area contributed by atoms with Crippen molar-refractivity contribution in [2.45, 2.75) is 32.3 Å². The van der Waals surface area contributed by atoms with E-state index in [0.717, 1.165) is 12.8 Å². The Kier molecular flexibility index (Phi) is 6.05. The lowest BCUT2D eigenvalue weighted by atomic mass is 9.70. The van der Waals surface area contributed by atoms with Gasteiger partial charge in [0.05, 0.1) is 29.1 Å². The number of hydrogen-bond acceptors (Lipinski definition) is 8. The summed E-state index contributed by atoms with van der Waals surface area (Å²) >= 11 is 6.08. The van der Waals surface area contributed by atoms with Crippen molar-refractivity contribution in [1.82, 2.24) is 25.0 Å². The van der Waals surface area contributed by atoms with Crippen molar-refractivity contribution in [3.05, 3.63) is 47.4 Å². The van der Waals surface area contributed by atoms with Gasteiger partial charge in [0.25, 0.3) is 0 Å². The summed E-state index contributed by atoms with van der Waals surface area (Å²) in [5, 5.41) is 23.2. The van der Waals surface area contributed by atoms with Gasteiger partial charge in [-0.05, 0) is 50.3 Å². The smallest absolute Gasteiger partial charge is 0.413 e. The van der Waals surface area contributed by atoms with Gasteiger partial charge in [0.1, 0.15) is 11.3 Å². The number of anilines is 2. The third-order valence-corrected chi connectivity index (χ3v) is 7.21. The van der Waals surface area contributed by atoms with Gasteiger partial charge in [-0.15, -0.1) is 5.10 Å². The molecule has 0 spiro atoms. The molecule has 2 bridgehead atoms. The summed E-state index contributed by atoms with van der Waals surface area (Å²) < 4.78 is 6.84. The van der Waals surface area contributed by atoms with Crippen LogP contribution in [0.1, 0.15) is 37.9 Å². The summed E-state index contributed by atoms with van der Waals surface area (Å²) in [7, 11) is 1.63. The molecule has 3 saturated carbocycles. The lowest BCUT2D eigenvalue weighted by Crippen LogP contribution is -2.28. The highest BCUT2D eigenvalue weighted by Gasteiger charge is 2.58. The first-order chi connectivity index (χ1) is 17.3. The number of rotatable bonds is 6. The van der Waals surface area contributed by atoms with Gasteiger partial charge in [-0.2, -0.15) is 5.26 Å². The SMILES string of the molecule is C[C@@H](OC(=O)Nc1c(-c2ccc(NC(=O)C3CC4(C#N)CC3C4)cn2)nnn1C)c1cccnc1Cl. The van der Waals surface area contributed by atoms with E-state index in [1.807, 2.05) is 0 Å². The quantitative estimate of drug-likeness (QED) is 0.474. The van der Waals surface area contributed by atoms with Crippen LogP contribution in [0.4, 0.5) is 16.3 Å². The molecular weight excluding hydrogens is 484 g/mol. The number of carbonyl (C=O) groups excluding carboxylic acids is 2. The molecule has 3 aliphatic carbocycles. The normalized spacial score (nSPS) is 22.7. The van der Waals surface area contributed by atoms with E-state index in [2.05, 4.69) is 37.0 Å². The number of carbonyl (C=O) groups is 2. The van der Waals surface area contributed by atoms with Gasteiger partial charge >= 0.3 is 6.09 Å². The second-order valence-electron chi connectivity index (χ2n) is 9.26. The van der Waals surface area contributed by atoms with E-state index in [1.165, 1.54) is 10.9 Å². The maximum absolute atomic E-state index is 12.7. The number of nitriles is 1. The topological polar surface area (TPSA) is 148 Å². The van der Waals surface area contributed by atoms with Crippen molar-refractivity contribution < 1.29 is 14.3 Å². The highest BCUT2D eigenvalue weighted by molar-refractivity contribution is 6.30. The van der Waals surface area contributed by atoms with Crippen molar-refractivity contribution in [2.75, 3.05) is 10.6 Å². The van der Waals surface area contributed by atoms with E-state index < -0.39 is 12.2 Å². The Morgan fingerprint density at radius 3 is 2.72 bits per heavy atom. The molecular formula is C24H23ClN8O3. The Morgan fingerprint density at radius 1 is 1.25 bits per heavy atom. The number of pyridine rings is 2. The van der Waals surface area contributed by atoms with E-state index in [-0.39, 0.29) is 28.3 Å². The molecule has 184 valence electrons. The molecule has 0 saturated heterocycles. The fraction of sp³-hybridized carbons (Fsp3) is 0.375. The molecule has 3 aromatic rings. The van der Waals surface area contributed by atoms with Crippen LogP contribution in [0.25, 0.3) is 11.4 Å². The van der Waals surface area contributed by atoms with E-state index in [4.69, 9.17) is 16.3 Å². The number of amides is 2. The molecule has 6 rings (SSSR count). The number of hydrogen-bond donors (Lipinski definition) is 2. The first kappa shape index (κ1) is 23.7. The van der Waals surface area contributed by atoms with Gasteiger partial charge < -0.3 is 10.1 Å². The van der Waals surface area contributed by atoms with Crippen molar-refractivity contribution in [2.24, 2.45) is 24.3 Å². The first-order valence-electron chi connectivity index (χ1n) is 11.4. The monoisotopic (exact) mass is 506 g/mol. The minimum absolute atomic E-state index is 0.0865. The van der Waals surface area contributed by atoms with Gasteiger partial charge in [0.15, 0.2) is 11.5 Å². The molecule has 2 amide bonds. The number of aryl methyl sites for hydroxylation is 1. The van der Waals surface area contributed by atoms with Crippen LogP contribution in [-0.2, 0) is 16.6 Å². The first-order valence-corrected chi connectivity index (χ1v) is 11.8. The summed E-state index contributed by atoms with van der Waals surface area (Å²) in [6, 6.07) is 9.19. The minimum Gasteiger partial charge on any atom is -0.441 e. The van der Waals surface area contributed by atoms with Gasteiger partial charge in [-0.25, -0.2) is 14.5 Å². The van der Waals surface area contributed by atoms with Crippen LogP contribution in [0.5, 0.6) is 0 Å². The predicted molar refractivity (Wildman–Crippen MR) is 130 cm³/mol. The molecule has 3 aromatic heterocycles. The van der Waals surface area contributed by atoms with Crippen molar-refractivity contribution in [3.8, 4) is 17.5 Å². The maximum Gasteiger partial charge on any atom is 0.413 e. The summed E-state index contributed by atoms with van der Waals surface area (Å²) in [5.74, 6) is 0.342. The average molecular weight is 507 g/mol. The molecule has 0 aliphatic heterocycles.